The van der Waals surface area contributed by atoms with Crippen LogP contribution in [-0.4, -0.2) is 30.6 Å². The molecule has 0 amide bonds. The van der Waals surface area contributed by atoms with Crippen molar-refractivity contribution in [3.05, 3.63) is 48.0 Å². The summed E-state index contributed by atoms with van der Waals surface area (Å²) in [6.07, 6.45) is 7.46. The summed E-state index contributed by atoms with van der Waals surface area (Å²) < 4.78 is 17.1. The van der Waals surface area contributed by atoms with Crippen LogP contribution in [0.5, 0.6) is 0 Å². The van der Waals surface area contributed by atoms with Crippen LogP contribution in [0.3, 0.4) is 0 Å². The first kappa shape index (κ1) is 20.4. The number of carbonyl (C=O) groups is 1. The Morgan fingerprint density at radius 2 is 2.08 bits per heavy atom. The van der Waals surface area contributed by atoms with E-state index in [0.717, 1.165) is 19.3 Å². The predicted molar refractivity (Wildman–Crippen MR) is 115 cm³/mol. The zero-order valence-corrected chi connectivity index (χ0v) is 18.2. The maximum atomic E-state index is 11.7. The van der Waals surface area contributed by atoms with E-state index in [1.54, 1.807) is 0 Å². The van der Waals surface area contributed by atoms with Crippen LogP contribution in [0, 0.1) is 11.8 Å². The van der Waals surface area contributed by atoms with Gasteiger partial charge >= 0.3 is 12.3 Å². The van der Waals surface area contributed by atoms with Gasteiger partial charge in [-0.05, 0) is 18.4 Å². The van der Waals surface area contributed by atoms with E-state index in [9.17, 15) is 4.79 Å². The topological polar surface area (TPSA) is 44.8 Å². The Bertz CT molecular complexity index is 628. The lowest BCUT2D eigenvalue weighted by Gasteiger charge is -2.22. The fraction of sp³-hybridized carbons (Fsp3) is 0.500. The predicted octanol–water partition coefficient (Wildman–Crippen LogP) is 3.42. The number of benzene rings is 1. The third kappa shape index (κ3) is 5.37. The molecule has 26 heavy (non-hydrogen) atoms. The molecule has 1 aliphatic carbocycles. The van der Waals surface area contributed by atoms with Gasteiger partial charge in [-0.2, -0.15) is 0 Å². The normalized spacial score (nSPS) is 29.0. The second-order valence-electron chi connectivity index (χ2n) is 6.93. The van der Waals surface area contributed by atoms with Gasteiger partial charge < -0.3 is 13.9 Å². The largest absolute Gasteiger partial charge is 0.462 e. The Kier molecular flexibility index (Phi) is 7.68. The highest BCUT2D eigenvalue weighted by Gasteiger charge is 2.49. The fourth-order valence-corrected chi connectivity index (χ4v) is 4.56. The molecule has 1 aliphatic heterocycles. The van der Waals surface area contributed by atoms with Crippen molar-refractivity contribution >= 4 is 40.0 Å². The summed E-state index contributed by atoms with van der Waals surface area (Å²) in [6.45, 7) is 0. The summed E-state index contributed by atoms with van der Waals surface area (Å²) in [7, 11) is 7.66. The van der Waals surface area contributed by atoms with Crippen LogP contribution in [0.25, 0.3) is 0 Å². The number of aryl methyl sites for hydroxylation is 1. The van der Waals surface area contributed by atoms with Crippen molar-refractivity contribution < 1.29 is 18.7 Å². The summed E-state index contributed by atoms with van der Waals surface area (Å²) in [6, 6.07) is 10.4. The van der Waals surface area contributed by atoms with Crippen molar-refractivity contribution in [1.82, 2.24) is 0 Å². The van der Waals surface area contributed by atoms with Gasteiger partial charge in [-0.3, -0.25) is 4.79 Å². The molecule has 0 aromatic heterocycles. The Morgan fingerprint density at radius 3 is 2.77 bits per heavy atom. The Morgan fingerprint density at radius 1 is 1.31 bits per heavy atom. The maximum absolute atomic E-state index is 11.7. The highest BCUT2D eigenvalue weighted by molar-refractivity contribution is 7.92. The van der Waals surface area contributed by atoms with Gasteiger partial charge in [-0.1, -0.05) is 42.5 Å². The minimum Gasteiger partial charge on any atom is -0.462 e. The van der Waals surface area contributed by atoms with Crippen molar-refractivity contribution in [2.45, 2.75) is 44.0 Å². The number of ether oxygens (including phenoxy) is 1. The van der Waals surface area contributed by atoms with Gasteiger partial charge in [0.1, 0.15) is 6.10 Å². The highest BCUT2D eigenvalue weighted by Crippen LogP contribution is 2.44. The van der Waals surface area contributed by atoms with Crippen molar-refractivity contribution in [3.8, 4) is 0 Å². The van der Waals surface area contributed by atoms with Crippen molar-refractivity contribution in [3.63, 3.8) is 0 Å². The van der Waals surface area contributed by atoms with Gasteiger partial charge in [0.25, 0.3) is 0 Å². The molecule has 140 valence electrons. The molecule has 8 atom stereocenters. The molecule has 1 aromatic rings. The number of rotatable bonds is 8. The van der Waals surface area contributed by atoms with Crippen molar-refractivity contribution in [1.29, 1.82) is 0 Å². The number of fused-ring (bicyclic) bond motifs is 1. The molecular weight excluding hydrogens is 384 g/mol. The molecule has 2 aliphatic rings. The molecule has 1 saturated heterocycles. The van der Waals surface area contributed by atoms with E-state index in [0.29, 0.717) is 6.42 Å². The molecule has 8 unspecified atom stereocenters. The van der Waals surface area contributed by atoms with Gasteiger partial charge in [0, 0.05) is 27.7 Å². The van der Waals surface area contributed by atoms with Gasteiger partial charge in [-0.15, -0.1) is 18.2 Å². The second kappa shape index (κ2) is 9.76. The SMILES string of the molecule is O=C1CC2C(CC(OB(P)P)C2/C=C/C(CCc2ccccc2)OP)O1. The van der Waals surface area contributed by atoms with Crippen LogP contribution in [0.2, 0.25) is 0 Å². The zero-order valence-electron chi connectivity index (χ0n) is 14.7. The molecule has 2 fully saturated rings. The fourth-order valence-electron chi connectivity index (χ4n) is 3.93. The van der Waals surface area contributed by atoms with E-state index >= 15 is 0 Å². The zero-order chi connectivity index (χ0) is 18.5. The molecule has 3 rings (SSSR count). The first-order chi connectivity index (χ1) is 12.6. The number of carbonyl (C=O) groups excluding carboxylic acids is 1. The highest BCUT2D eigenvalue weighted by atomic mass is 31.1. The quantitative estimate of drug-likeness (QED) is 0.285. The van der Waals surface area contributed by atoms with E-state index < -0.39 is 0 Å². The molecule has 1 heterocycles. The molecule has 0 radical (unpaired) electrons. The molecule has 4 nitrogen and oxygen atoms in total. The van der Waals surface area contributed by atoms with Crippen LogP contribution in [0.4, 0.5) is 0 Å². The second-order valence-corrected chi connectivity index (χ2v) is 9.29. The minimum atomic E-state index is -0.0897. The molecule has 1 saturated carbocycles. The van der Waals surface area contributed by atoms with Crippen LogP contribution >= 0.6 is 27.7 Å². The molecule has 1 aromatic carbocycles. The Labute approximate surface area is 162 Å². The third-order valence-corrected chi connectivity index (χ3v) is 5.83. The summed E-state index contributed by atoms with van der Waals surface area (Å²) in [5.41, 5.74) is 1.30. The van der Waals surface area contributed by atoms with Crippen molar-refractivity contribution in [2.24, 2.45) is 11.8 Å². The monoisotopic (exact) mass is 410 g/mol. The van der Waals surface area contributed by atoms with Crippen LogP contribution < -0.4 is 0 Å². The van der Waals surface area contributed by atoms with Crippen LogP contribution in [0.15, 0.2) is 42.5 Å². The Hall–Kier alpha value is -0.295. The molecular formula is C18H26BO4P3. The Balaban J connectivity index is 1.63. The summed E-state index contributed by atoms with van der Waals surface area (Å²) >= 11 is 0. The van der Waals surface area contributed by atoms with Crippen LogP contribution in [-0.2, 0) is 25.1 Å². The van der Waals surface area contributed by atoms with E-state index in [4.69, 9.17) is 13.9 Å². The average Bonchev–Trinajstić information content (AvgIpc) is 3.11. The number of hydrogen-bond acceptors (Lipinski definition) is 4. The lowest BCUT2D eigenvalue weighted by Crippen LogP contribution is -2.24. The van der Waals surface area contributed by atoms with Crippen LogP contribution in [0.1, 0.15) is 24.8 Å². The number of esters is 1. The number of hydrogen-bond donors (Lipinski definition) is 0. The standard InChI is InChI=1S/C18H26BO4P3/c20-18-10-15-14(17(22-19(24)25)11-16(15)21-18)9-8-13(23-26)7-6-12-4-2-1-3-5-12/h1-5,8-9,13-17H,6-7,10-11,24-26H2/b9-8+. The average molecular weight is 410 g/mol. The van der Waals surface area contributed by atoms with E-state index in [1.165, 1.54) is 5.56 Å². The molecule has 0 spiro atoms. The molecule has 0 bridgehead atoms. The lowest BCUT2D eigenvalue weighted by molar-refractivity contribution is -0.141. The third-order valence-electron chi connectivity index (χ3n) is 5.17. The maximum Gasteiger partial charge on any atom is 0.336 e. The summed E-state index contributed by atoms with van der Waals surface area (Å²) in [4.78, 5) is 11.7. The van der Waals surface area contributed by atoms with E-state index in [-0.39, 0.29) is 42.5 Å². The molecule has 8 heteroatoms. The minimum absolute atomic E-state index is 0.00251. The van der Waals surface area contributed by atoms with E-state index in [2.05, 4.69) is 64.1 Å². The summed E-state index contributed by atoms with van der Waals surface area (Å²) in [5.74, 6) is 0.291. The smallest absolute Gasteiger partial charge is 0.336 e. The van der Waals surface area contributed by atoms with E-state index in [1.807, 2.05) is 6.07 Å². The lowest BCUT2D eigenvalue weighted by atomic mass is 9.91. The summed E-state index contributed by atoms with van der Waals surface area (Å²) in [5, 5.41) is 0. The van der Waals surface area contributed by atoms with Gasteiger partial charge in [0.15, 0.2) is 0 Å². The van der Waals surface area contributed by atoms with Gasteiger partial charge in [0.2, 0.25) is 0 Å². The first-order valence-corrected chi connectivity index (χ1v) is 10.8. The van der Waals surface area contributed by atoms with Gasteiger partial charge in [-0.25, -0.2) is 0 Å². The van der Waals surface area contributed by atoms with Crippen molar-refractivity contribution in [2.75, 3.05) is 0 Å². The molecule has 0 N–H and O–H groups in total. The van der Waals surface area contributed by atoms with Gasteiger partial charge in [0.05, 0.1) is 18.6 Å². The first-order valence-electron chi connectivity index (χ1n) is 9.00.